The lowest BCUT2D eigenvalue weighted by Gasteiger charge is -2.21. The summed E-state index contributed by atoms with van der Waals surface area (Å²) in [4.78, 5) is 12.4. The first-order valence-electron chi connectivity index (χ1n) is 9.21. The number of halogens is 2. The maximum Gasteiger partial charge on any atom is 0.261 e. The van der Waals surface area contributed by atoms with Gasteiger partial charge in [0.1, 0.15) is 5.82 Å². The molecule has 0 aliphatic heterocycles. The van der Waals surface area contributed by atoms with Crippen LogP contribution in [0.3, 0.4) is 0 Å². The van der Waals surface area contributed by atoms with Crippen LogP contribution in [0.2, 0.25) is 5.02 Å². The van der Waals surface area contributed by atoms with Crippen LogP contribution in [-0.4, -0.2) is 20.9 Å². The van der Waals surface area contributed by atoms with Gasteiger partial charge in [-0.25, -0.2) is 12.8 Å². The summed E-state index contributed by atoms with van der Waals surface area (Å²) in [6, 6.07) is 8.92. The van der Waals surface area contributed by atoms with E-state index in [4.69, 9.17) is 11.6 Å². The van der Waals surface area contributed by atoms with Gasteiger partial charge in [-0.2, -0.15) is 0 Å². The number of sulfonamides is 1. The summed E-state index contributed by atoms with van der Waals surface area (Å²) in [6.45, 7) is 0.556. The van der Waals surface area contributed by atoms with Crippen LogP contribution >= 0.6 is 11.6 Å². The quantitative estimate of drug-likeness (QED) is 0.712. The van der Waals surface area contributed by atoms with Gasteiger partial charge in [0.25, 0.3) is 15.9 Å². The molecule has 5 nitrogen and oxygen atoms in total. The molecule has 0 aromatic heterocycles. The highest BCUT2D eigenvalue weighted by atomic mass is 35.5. The summed E-state index contributed by atoms with van der Waals surface area (Å²) >= 11 is 6.12. The normalized spacial score (nSPS) is 15.2. The molecule has 1 aliphatic carbocycles. The molecule has 2 aromatic rings. The summed E-state index contributed by atoms with van der Waals surface area (Å²) in [6.07, 6.45) is 5.75. The topological polar surface area (TPSA) is 75.3 Å². The van der Waals surface area contributed by atoms with Gasteiger partial charge in [0.05, 0.1) is 15.5 Å². The lowest BCUT2D eigenvalue weighted by atomic mass is 9.89. The van der Waals surface area contributed by atoms with Gasteiger partial charge in [0, 0.05) is 12.2 Å². The molecule has 1 saturated carbocycles. The van der Waals surface area contributed by atoms with E-state index >= 15 is 0 Å². The molecular weight excluding hydrogens is 403 g/mol. The van der Waals surface area contributed by atoms with Crippen LogP contribution in [-0.2, 0) is 10.0 Å². The molecule has 0 radical (unpaired) electrons. The van der Waals surface area contributed by atoms with E-state index in [1.54, 1.807) is 0 Å². The Hall–Kier alpha value is -2.12. The minimum Gasteiger partial charge on any atom is -0.352 e. The average Bonchev–Trinajstić information content (AvgIpc) is 2.69. The van der Waals surface area contributed by atoms with Crippen molar-refractivity contribution in [2.45, 2.75) is 37.0 Å². The summed E-state index contributed by atoms with van der Waals surface area (Å²) in [5.41, 5.74) is 0.333. The fourth-order valence-electron chi connectivity index (χ4n) is 3.30. The van der Waals surface area contributed by atoms with E-state index in [1.165, 1.54) is 49.6 Å². The minimum atomic E-state index is -3.95. The van der Waals surface area contributed by atoms with Gasteiger partial charge in [0.2, 0.25) is 0 Å². The predicted molar refractivity (Wildman–Crippen MR) is 108 cm³/mol. The van der Waals surface area contributed by atoms with Crippen molar-refractivity contribution in [2.24, 2.45) is 5.92 Å². The SMILES string of the molecule is O=C(NCC1CCCCC1)c1cc(S(=O)(=O)Nc2ccc(F)cc2)ccc1Cl. The number of nitrogens with one attached hydrogen (secondary N) is 2. The third-order valence-electron chi connectivity index (χ3n) is 4.87. The molecule has 1 aliphatic rings. The second-order valence-electron chi connectivity index (χ2n) is 6.97. The van der Waals surface area contributed by atoms with Gasteiger partial charge >= 0.3 is 0 Å². The standard InChI is InChI=1S/C20H22ClFN2O3S/c21-19-11-10-17(28(26,27)24-16-8-6-15(22)7-9-16)12-18(19)20(25)23-13-14-4-2-1-3-5-14/h6-12,14,24H,1-5,13H2,(H,23,25). The maximum atomic E-state index is 13.0. The van der Waals surface area contributed by atoms with E-state index in [9.17, 15) is 17.6 Å². The van der Waals surface area contributed by atoms with E-state index < -0.39 is 21.7 Å². The molecule has 2 N–H and O–H groups in total. The zero-order valence-electron chi connectivity index (χ0n) is 15.3. The van der Waals surface area contributed by atoms with E-state index in [-0.39, 0.29) is 21.2 Å². The van der Waals surface area contributed by atoms with Crippen LogP contribution in [0.5, 0.6) is 0 Å². The number of amides is 1. The van der Waals surface area contributed by atoms with Crippen LogP contribution in [0.4, 0.5) is 10.1 Å². The van der Waals surface area contributed by atoms with Crippen molar-refractivity contribution in [3.63, 3.8) is 0 Å². The third-order valence-corrected chi connectivity index (χ3v) is 6.57. The first kappa shape index (κ1) is 20.6. The number of anilines is 1. The molecule has 1 amide bonds. The van der Waals surface area contributed by atoms with Crippen molar-refractivity contribution >= 4 is 33.2 Å². The van der Waals surface area contributed by atoms with Crippen molar-refractivity contribution in [1.29, 1.82) is 0 Å². The Bertz CT molecular complexity index is 942. The van der Waals surface area contributed by atoms with Gasteiger partial charge in [-0.1, -0.05) is 30.9 Å². The number of carbonyl (C=O) groups is 1. The summed E-state index contributed by atoms with van der Waals surface area (Å²) < 4.78 is 40.6. The van der Waals surface area contributed by atoms with Gasteiger partial charge in [0.15, 0.2) is 0 Å². The highest BCUT2D eigenvalue weighted by Crippen LogP contribution is 2.25. The van der Waals surface area contributed by atoms with Crippen molar-refractivity contribution in [3.8, 4) is 0 Å². The van der Waals surface area contributed by atoms with Crippen LogP contribution in [0.1, 0.15) is 42.5 Å². The Labute approximate surface area is 169 Å². The Morgan fingerprint density at radius 1 is 1.07 bits per heavy atom. The summed E-state index contributed by atoms with van der Waals surface area (Å²) in [5.74, 6) is -0.413. The third kappa shape index (κ3) is 5.23. The number of rotatable bonds is 6. The van der Waals surface area contributed by atoms with Crippen molar-refractivity contribution in [1.82, 2.24) is 5.32 Å². The predicted octanol–water partition coefficient (Wildman–Crippen LogP) is 4.59. The molecule has 28 heavy (non-hydrogen) atoms. The molecule has 0 bridgehead atoms. The van der Waals surface area contributed by atoms with E-state index in [0.29, 0.717) is 12.5 Å². The Balaban J connectivity index is 1.74. The molecular formula is C20H22ClFN2O3S. The van der Waals surface area contributed by atoms with E-state index in [1.807, 2.05) is 0 Å². The van der Waals surface area contributed by atoms with E-state index in [0.717, 1.165) is 25.0 Å². The molecule has 0 heterocycles. The maximum absolute atomic E-state index is 13.0. The minimum absolute atomic E-state index is 0.0935. The van der Waals surface area contributed by atoms with Crippen molar-refractivity contribution < 1.29 is 17.6 Å². The lowest BCUT2D eigenvalue weighted by molar-refractivity contribution is 0.0943. The first-order valence-corrected chi connectivity index (χ1v) is 11.1. The van der Waals surface area contributed by atoms with Gasteiger partial charge in [-0.3, -0.25) is 9.52 Å². The van der Waals surface area contributed by atoms with Crippen molar-refractivity contribution in [3.05, 3.63) is 58.9 Å². The summed E-state index contributed by atoms with van der Waals surface area (Å²) in [5, 5.41) is 3.05. The van der Waals surface area contributed by atoms with Crippen LogP contribution < -0.4 is 10.0 Å². The number of benzene rings is 2. The van der Waals surface area contributed by atoms with Gasteiger partial charge < -0.3 is 5.32 Å². The molecule has 8 heteroatoms. The lowest BCUT2D eigenvalue weighted by Crippen LogP contribution is -2.30. The zero-order valence-corrected chi connectivity index (χ0v) is 16.8. The zero-order chi connectivity index (χ0) is 20.1. The molecule has 150 valence electrons. The molecule has 0 saturated heterocycles. The molecule has 2 aromatic carbocycles. The monoisotopic (exact) mass is 424 g/mol. The smallest absolute Gasteiger partial charge is 0.261 e. The van der Waals surface area contributed by atoms with Crippen LogP contribution in [0, 0.1) is 11.7 Å². The van der Waals surface area contributed by atoms with E-state index in [2.05, 4.69) is 10.0 Å². The second-order valence-corrected chi connectivity index (χ2v) is 9.06. The average molecular weight is 425 g/mol. The molecule has 0 spiro atoms. The fraction of sp³-hybridized carbons (Fsp3) is 0.350. The molecule has 1 fully saturated rings. The van der Waals surface area contributed by atoms with Gasteiger partial charge in [-0.05, 0) is 61.2 Å². The molecule has 0 atom stereocenters. The number of hydrogen-bond donors (Lipinski definition) is 2. The van der Waals surface area contributed by atoms with Crippen LogP contribution in [0.15, 0.2) is 47.4 Å². The second kappa shape index (κ2) is 8.92. The van der Waals surface area contributed by atoms with Crippen molar-refractivity contribution in [2.75, 3.05) is 11.3 Å². The molecule has 0 unspecified atom stereocenters. The number of hydrogen-bond acceptors (Lipinski definition) is 3. The fourth-order valence-corrected chi connectivity index (χ4v) is 4.59. The largest absolute Gasteiger partial charge is 0.352 e. The Morgan fingerprint density at radius 2 is 1.75 bits per heavy atom. The highest BCUT2D eigenvalue weighted by molar-refractivity contribution is 7.92. The number of carbonyl (C=O) groups excluding carboxylic acids is 1. The first-order chi connectivity index (χ1) is 13.3. The highest BCUT2D eigenvalue weighted by Gasteiger charge is 2.20. The summed E-state index contributed by atoms with van der Waals surface area (Å²) in [7, 11) is -3.95. The van der Waals surface area contributed by atoms with Crippen LogP contribution in [0.25, 0.3) is 0 Å². The Morgan fingerprint density at radius 3 is 2.43 bits per heavy atom. The molecule has 3 rings (SSSR count). The Kier molecular flexibility index (Phi) is 6.57. The van der Waals surface area contributed by atoms with Gasteiger partial charge in [-0.15, -0.1) is 0 Å².